The Hall–Kier alpha value is -2.02. The molecule has 1 N–H and O–H groups in total. The Morgan fingerprint density at radius 3 is 1.90 bits per heavy atom. The Balaban J connectivity index is 1.97. The lowest BCUT2D eigenvalue weighted by molar-refractivity contribution is -0.130. The first-order valence-corrected chi connectivity index (χ1v) is 11.3. The van der Waals surface area contributed by atoms with Crippen molar-refractivity contribution < 1.29 is 19.0 Å². The van der Waals surface area contributed by atoms with E-state index >= 15 is 0 Å². The maximum absolute atomic E-state index is 13.9. The summed E-state index contributed by atoms with van der Waals surface area (Å²) in [4.78, 5) is 10.4. The van der Waals surface area contributed by atoms with Crippen LogP contribution in [0.15, 0.2) is 18.2 Å². The molecule has 0 radical (unpaired) electrons. The molecular formula is C25H37FO3. The minimum atomic E-state index is -1.23. The minimum Gasteiger partial charge on any atom is -0.491 e. The highest BCUT2D eigenvalue weighted by atomic mass is 19.1. The molecule has 29 heavy (non-hydrogen) atoms. The lowest BCUT2D eigenvalue weighted by Gasteiger charge is -2.07. The van der Waals surface area contributed by atoms with E-state index in [4.69, 9.17) is 9.84 Å². The van der Waals surface area contributed by atoms with Crippen LogP contribution >= 0.6 is 0 Å². The lowest BCUT2D eigenvalue weighted by Crippen LogP contribution is -1.99. The van der Waals surface area contributed by atoms with Gasteiger partial charge in [-0.15, -0.1) is 0 Å². The van der Waals surface area contributed by atoms with E-state index in [-0.39, 0.29) is 5.75 Å². The molecule has 1 aromatic carbocycles. The summed E-state index contributed by atoms with van der Waals surface area (Å²) in [7, 11) is 0. The van der Waals surface area contributed by atoms with Gasteiger partial charge in [0.15, 0.2) is 11.6 Å². The molecule has 0 fully saturated rings. The van der Waals surface area contributed by atoms with Gasteiger partial charge in [0.05, 0.1) is 6.61 Å². The zero-order valence-electron chi connectivity index (χ0n) is 18.0. The van der Waals surface area contributed by atoms with Crippen LogP contribution in [-0.4, -0.2) is 17.7 Å². The normalized spacial score (nSPS) is 10.4. The first-order valence-electron chi connectivity index (χ1n) is 11.3. The third kappa shape index (κ3) is 13.7. The van der Waals surface area contributed by atoms with Crippen molar-refractivity contribution in [3.63, 3.8) is 0 Å². The molecule has 0 aromatic heterocycles. The Kier molecular flexibility index (Phi) is 14.6. The molecule has 162 valence electrons. The second-order valence-electron chi connectivity index (χ2n) is 7.65. The van der Waals surface area contributed by atoms with Gasteiger partial charge in [-0.05, 0) is 24.6 Å². The summed E-state index contributed by atoms with van der Waals surface area (Å²) in [5, 5.41) is 8.51. The van der Waals surface area contributed by atoms with Crippen molar-refractivity contribution in [2.24, 2.45) is 0 Å². The van der Waals surface area contributed by atoms with Crippen LogP contribution < -0.4 is 4.74 Å². The summed E-state index contributed by atoms with van der Waals surface area (Å²) in [5.74, 6) is 2.81. The number of benzene rings is 1. The topological polar surface area (TPSA) is 46.5 Å². The van der Waals surface area contributed by atoms with Gasteiger partial charge in [-0.25, -0.2) is 9.18 Å². The van der Waals surface area contributed by atoms with Crippen LogP contribution in [0.2, 0.25) is 0 Å². The van der Waals surface area contributed by atoms with Crippen molar-refractivity contribution in [1.29, 1.82) is 0 Å². The number of hydrogen-bond donors (Lipinski definition) is 1. The molecule has 0 aliphatic carbocycles. The molecule has 0 heterocycles. The van der Waals surface area contributed by atoms with Crippen LogP contribution in [0.25, 0.3) is 0 Å². The molecule has 0 aliphatic heterocycles. The van der Waals surface area contributed by atoms with E-state index in [0.29, 0.717) is 12.2 Å². The number of hydrogen-bond acceptors (Lipinski definition) is 2. The maximum Gasteiger partial charge on any atom is 0.382 e. The molecule has 0 spiro atoms. The molecular weight excluding hydrogens is 367 g/mol. The Morgan fingerprint density at radius 2 is 1.41 bits per heavy atom. The van der Waals surface area contributed by atoms with Gasteiger partial charge in [0.25, 0.3) is 0 Å². The predicted molar refractivity (Wildman–Crippen MR) is 117 cm³/mol. The van der Waals surface area contributed by atoms with Crippen LogP contribution in [0, 0.1) is 17.7 Å². The van der Waals surface area contributed by atoms with E-state index in [1.54, 1.807) is 6.07 Å². The fourth-order valence-electron chi connectivity index (χ4n) is 3.30. The highest BCUT2D eigenvalue weighted by Crippen LogP contribution is 2.19. The van der Waals surface area contributed by atoms with Gasteiger partial charge in [-0.1, -0.05) is 96.3 Å². The zero-order chi connectivity index (χ0) is 21.2. The molecule has 0 aliphatic rings. The average molecular weight is 405 g/mol. The Labute approximate surface area is 176 Å². The van der Waals surface area contributed by atoms with Crippen molar-refractivity contribution >= 4 is 5.97 Å². The first-order chi connectivity index (χ1) is 14.1. The summed E-state index contributed by atoms with van der Waals surface area (Å²) in [5.41, 5.74) is 0.328. The van der Waals surface area contributed by atoms with Gasteiger partial charge < -0.3 is 9.84 Å². The number of carboxylic acids is 1. The van der Waals surface area contributed by atoms with Gasteiger partial charge in [-0.3, -0.25) is 0 Å². The molecule has 0 saturated heterocycles. The quantitative estimate of drug-likeness (QED) is 0.236. The second-order valence-corrected chi connectivity index (χ2v) is 7.65. The predicted octanol–water partition coefficient (Wildman–Crippen LogP) is 7.12. The smallest absolute Gasteiger partial charge is 0.382 e. The van der Waals surface area contributed by atoms with Gasteiger partial charge >= 0.3 is 5.97 Å². The van der Waals surface area contributed by atoms with Crippen LogP contribution in [-0.2, 0) is 4.79 Å². The molecule has 4 heteroatoms. The molecule has 0 bridgehead atoms. The van der Waals surface area contributed by atoms with E-state index in [2.05, 4.69) is 12.8 Å². The molecule has 1 aromatic rings. The van der Waals surface area contributed by atoms with Crippen LogP contribution in [0.1, 0.15) is 102 Å². The third-order valence-corrected chi connectivity index (χ3v) is 5.00. The number of carbonyl (C=O) groups is 1. The van der Waals surface area contributed by atoms with Crippen molar-refractivity contribution in [3.8, 4) is 17.6 Å². The van der Waals surface area contributed by atoms with Crippen molar-refractivity contribution in [1.82, 2.24) is 0 Å². The summed E-state index contributed by atoms with van der Waals surface area (Å²) < 4.78 is 19.4. The number of halogens is 1. The molecule has 0 amide bonds. The van der Waals surface area contributed by atoms with Gasteiger partial charge in [0.2, 0.25) is 0 Å². The van der Waals surface area contributed by atoms with E-state index < -0.39 is 11.8 Å². The van der Waals surface area contributed by atoms with E-state index in [9.17, 15) is 9.18 Å². The number of ether oxygens (including phenoxy) is 1. The third-order valence-electron chi connectivity index (χ3n) is 5.00. The lowest BCUT2D eigenvalue weighted by atomic mass is 10.0. The number of unbranched alkanes of at least 4 members (excludes halogenated alkanes) is 13. The highest BCUT2D eigenvalue weighted by molar-refractivity contribution is 5.87. The first kappa shape index (κ1) is 25.0. The number of aliphatic carboxylic acids is 1. The van der Waals surface area contributed by atoms with Gasteiger partial charge in [0, 0.05) is 11.5 Å². The highest BCUT2D eigenvalue weighted by Gasteiger charge is 2.04. The van der Waals surface area contributed by atoms with E-state index in [1.165, 1.54) is 89.2 Å². The summed E-state index contributed by atoms with van der Waals surface area (Å²) in [6.07, 6.45) is 18.2. The van der Waals surface area contributed by atoms with E-state index in [1.807, 2.05) is 5.92 Å². The second kappa shape index (κ2) is 16.9. The fourth-order valence-corrected chi connectivity index (χ4v) is 3.30. The van der Waals surface area contributed by atoms with Gasteiger partial charge in [0.1, 0.15) is 0 Å². The SMILES string of the molecule is CCCCCCCCCCCCCCCCOc1ccc(C#CC(=O)O)cc1F. The summed E-state index contributed by atoms with van der Waals surface area (Å²) >= 11 is 0. The monoisotopic (exact) mass is 404 g/mol. The molecule has 0 unspecified atom stereocenters. The largest absolute Gasteiger partial charge is 0.491 e. The average Bonchev–Trinajstić information content (AvgIpc) is 2.70. The summed E-state index contributed by atoms with van der Waals surface area (Å²) in [6.45, 7) is 2.75. The Morgan fingerprint density at radius 1 is 0.897 bits per heavy atom. The standard InChI is InChI=1S/C25H37FO3/c1-2-3-4-5-6-7-8-9-10-11-12-13-14-15-20-29-24-18-16-22(21-23(24)26)17-19-25(27)28/h16,18,21H,2-15,20H2,1H3,(H,27,28). The Bertz CT molecular complexity index is 631. The van der Waals surface area contributed by atoms with Crippen LogP contribution in [0.4, 0.5) is 4.39 Å². The molecule has 1 rings (SSSR count). The fraction of sp³-hybridized carbons (Fsp3) is 0.640. The van der Waals surface area contributed by atoms with Crippen molar-refractivity contribution in [2.75, 3.05) is 6.61 Å². The molecule has 0 saturated carbocycles. The number of rotatable bonds is 16. The van der Waals surface area contributed by atoms with Crippen LogP contribution in [0.3, 0.4) is 0 Å². The molecule has 0 atom stereocenters. The van der Waals surface area contributed by atoms with E-state index in [0.717, 1.165) is 12.8 Å². The number of carboxylic acid groups (broad SMARTS) is 1. The van der Waals surface area contributed by atoms with Crippen LogP contribution in [0.5, 0.6) is 5.75 Å². The van der Waals surface area contributed by atoms with Crippen molar-refractivity contribution in [3.05, 3.63) is 29.6 Å². The zero-order valence-corrected chi connectivity index (χ0v) is 18.0. The van der Waals surface area contributed by atoms with Gasteiger partial charge in [-0.2, -0.15) is 0 Å². The molecule has 3 nitrogen and oxygen atoms in total. The van der Waals surface area contributed by atoms with Crippen molar-refractivity contribution in [2.45, 2.75) is 96.8 Å². The minimum absolute atomic E-state index is 0.195. The maximum atomic E-state index is 13.9. The summed E-state index contributed by atoms with van der Waals surface area (Å²) in [6, 6.07) is 4.28.